The van der Waals surface area contributed by atoms with Crippen LogP contribution < -0.4 is 11.1 Å². The van der Waals surface area contributed by atoms with Gasteiger partial charge >= 0.3 is 0 Å². The van der Waals surface area contributed by atoms with Crippen molar-refractivity contribution in [2.75, 3.05) is 13.2 Å². The molecule has 1 aromatic heterocycles. The van der Waals surface area contributed by atoms with Crippen molar-refractivity contribution in [3.63, 3.8) is 0 Å². The molecule has 7 heteroatoms. The van der Waals surface area contributed by atoms with Crippen LogP contribution in [0.4, 0.5) is 0 Å². The summed E-state index contributed by atoms with van der Waals surface area (Å²) in [5, 5.41) is 19.4. The monoisotopic (exact) mass is 241 g/mol. The molecular formula is C10H19N5O2. The molecule has 0 aliphatic rings. The molecule has 96 valence electrons. The van der Waals surface area contributed by atoms with Crippen LogP contribution in [0.5, 0.6) is 0 Å². The minimum atomic E-state index is -0.630. The van der Waals surface area contributed by atoms with Crippen molar-refractivity contribution in [3.8, 4) is 0 Å². The lowest BCUT2D eigenvalue weighted by Gasteiger charge is -2.26. The third-order valence-electron chi connectivity index (χ3n) is 2.67. The van der Waals surface area contributed by atoms with Gasteiger partial charge in [-0.05, 0) is 13.3 Å². The molecular weight excluding hydrogens is 222 g/mol. The fourth-order valence-corrected chi connectivity index (χ4v) is 1.22. The highest BCUT2D eigenvalue weighted by Crippen LogP contribution is 2.08. The summed E-state index contributed by atoms with van der Waals surface area (Å²) in [4.78, 5) is 11.8. The SMILES string of the molecule is CCC(C)(CO)NC(=O)c1cn(CCN)nn1. The van der Waals surface area contributed by atoms with Crippen molar-refractivity contribution in [1.82, 2.24) is 20.3 Å². The molecule has 0 aliphatic carbocycles. The smallest absolute Gasteiger partial charge is 0.273 e. The van der Waals surface area contributed by atoms with Crippen LogP contribution in [0.15, 0.2) is 6.20 Å². The van der Waals surface area contributed by atoms with E-state index in [1.165, 1.54) is 10.9 Å². The molecule has 0 aliphatic heterocycles. The van der Waals surface area contributed by atoms with E-state index in [0.29, 0.717) is 19.5 Å². The second-order valence-electron chi connectivity index (χ2n) is 4.18. The van der Waals surface area contributed by atoms with Crippen LogP contribution in [0.25, 0.3) is 0 Å². The van der Waals surface area contributed by atoms with Crippen LogP contribution in [0.2, 0.25) is 0 Å². The molecule has 0 radical (unpaired) electrons. The van der Waals surface area contributed by atoms with Crippen LogP contribution in [0.3, 0.4) is 0 Å². The van der Waals surface area contributed by atoms with Gasteiger partial charge in [0.25, 0.3) is 5.91 Å². The zero-order valence-corrected chi connectivity index (χ0v) is 10.2. The van der Waals surface area contributed by atoms with E-state index in [-0.39, 0.29) is 18.2 Å². The Morgan fingerprint density at radius 3 is 2.94 bits per heavy atom. The Hall–Kier alpha value is -1.47. The zero-order valence-electron chi connectivity index (χ0n) is 10.2. The fourth-order valence-electron chi connectivity index (χ4n) is 1.22. The Bertz CT molecular complexity index is 373. The minimum Gasteiger partial charge on any atom is -0.394 e. The van der Waals surface area contributed by atoms with Gasteiger partial charge in [0.2, 0.25) is 0 Å². The van der Waals surface area contributed by atoms with Gasteiger partial charge in [-0.1, -0.05) is 12.1 Å². The third-order valence-corrected chi connectivity index (χ3v) is 2.67. The molecule has 1 unspecified atom stereocenters. The average Bonchev–Trinajstić information content (AvgIpc) is 2.78. The normalized spacial score (nSPS) is 14.4. The highest BCUT2D eigenvalue weighted by atomic mass is 16.3. The van der Waals surface area contributed by atoms with Gasteiger partial charge < -0.3 is 16.2 Å². The largest absolute Gasteiger partial charge is 0.394 e. The molecule has 17 heavy (non-hydrogen) atoms. The first-order chi connectivity index (χ1) is 8.04. The number of carbonyl (C=O) groups excluding carboxylic acids is 1. The number of aromatic nitrogens is 3. The molecule has 0 saturated carbocycles. The van der Waals surface area contributed by atoms with Crippen LogP contribution in [-0.2, 0) is 6.54 Å². The minimum absolute atomic E-state index is 0.119. The fraction of sp³-hybridized carbons (Fsp3) is 0.700. The van der Waals surface area contributed by atoms with E-state index in [2.05, 4.69) is 15.6 Å². The Kier molecular flexibility index (Phi) is 4.59. The van der Waals surface area contributed by atoms with E-state index in [1.54, 1.807) is 6.92 Å². The first-order valence-corrected chi connectivity index (χ1v) is 5.58. The molecule has 0 bridgehead atoms. The number of amides is 1. The predicted molar refractivity (Wildman–Crippen MR) is 62.3 cm³/mol. The predicted octanol–water partition coefficient (Wildman–Crippen LogP) is -0.872. The summed E-state index contributed by atoms with van der Waals surface area (Å²) in [5.74, 6) is -0.341. The van der Waals surface area contributed by atoms with E-state index in [1.807, 2.05) is 6.92 Å². The van der Waals surface area contributed by atoms with E-state index < -0.39 is 5.54 Å². The lowest BCUT2D eigenvalue weighted by atomic mass is 10.0. The number of nitrogens with zero attached hydrogens (tertiary/aromatic N) is 3. The maximum Gasteiger partial charge on any atom is 0.273 e. The second kappa shape index (κ2) is 5.74. The standard InChI is InChI=1S/C10H19N5O2/c1-3-10(2,7-16)12-9(17)8-6-15(5-4-11)14-13-8/h6,16H,3-5,7,11H2,1-2H3,(H,12,17). The molecule has 4 N–H and O–H groups in total. The Morgan fingerprint density at radius 2 is 2.41 bits per heavy atom. The van der Waals surface area contributed by atoms with Crippen molar-refractivity contribution in [2.45, 2.75) is 32.4 Å². The Balaban J connectivity index is 2.69. The maximum atomic E-state index is 11.8. The highest BCUT2D eigenvalue weighted by Gasteiger charge is 2.25. The zero-order chi connectivity index (χ0) is 12.9. The van der Waals surface area contributed by atoms with Crippen molar-refractivity contribution >= 4 is 5.91 Å². The molecule has 1 atom stereocenters. The summed E-state index contributed by atoms with van der Waals surface area (Å²) in [6, 6.07) is 0. The summed E-state index contributed by atoms with van der Waals surface area (Å²) >= 11 is 0. The number of rotatable bonds is 6. The highest BCUT2D eigenvalue weighted by molar-refractivity contribution is 5.92. The molecule has 0 saturated heterocycles. The van der Waals surface area contributed by atoms with Gasteiger partial charge in [0, 0.05) is 6.54 Å². The molecule has 0 fully saturated rings. The van der Waals surface area contributed by atoms with Gasteiger partial charge in [-0.3, -0.25) is 9.48 Å². The van der Waals surface area contributed by atoms with Crippen molar-refractivity contribution in [1.29, 1.82) is 0 Å². The summed E-state index contributed by atoms with van der Waals surface area (Å²) in [7, 11) is 0. The Morgan fingerprint density at radius 1 is 1.71 bits per heavy atom. The van der Waals surface area contributed by atoms with Gasteiger partial charge in [-0.25, -0.2) is 0 Å². The maximum absolute atomic E-state index is 11.8. The number of nitrogens with one attached hydrogen (secondary N) is 1. The van der Waals surface area contributed by atoms with Crippen LogP contribution in [0.1, 0.15) is 30.8 Å². The van der Waals surface area contributed by atoms with E-state index in [0.717, 1.165) is 0 Å². The van der Waals surface area contributed by atoms with Crippen LogP contribution in [0, 0.1) is 0 Å². The van der Waals surface area contributed by atoms with Crippen LogP contribution in [-0.4, -0.2) is 44.7 Å². The summed E-state index contributed by atoms with van der Waals surface area (Å²) in [5.41, 5.74) is 4.97. The van der Waals surface area contributed by atoms with Crippen molar-refractivity contribution < 1.29 is 9.90 Å². The van der Waals surface area contributed by atoms with Gasteiger partial charge in [-0.15, -0.1) is 5.10 Å². The van der Waals surface area contributed by atoms with Gasteiger partial charge in [0.1, 0.15) is 0 Å². The molecule has 1 amide bonds. The first-order valence-electron chi connectivity index (χ1n) is 5.58. The van der Waals surface area contributed by atoms with Gasteiger partial charge in [-0.2, -0.15) is 0 Å². The van der Waals surface area contributed by atoms with E-state index in [9.17, 15) is 9.90 Å². The summed E-state index contributed by atoms with van der Waals surface area (Å²) < 4.78 is 1.51. The van der Waals surface area contributed by atoms with Crippen molar-refractivity contribution in [2.24, 2.45) is 5.73 Å². The summed E-state index contributed by atoms with van der Waals surface area (Å²) in [6.07, 6.45) is 2.17. The number of hydrogen-bond donors (Lipinski definition) is 3. The molecule has 0 spiro atoms. The topological polar surface area (TPSA) is 106 Å². The average molecular weight is 241 g/mol. The number of aliphatic hydroxyl groups excluding tert-OH is 1. The lowest BCUT2D eigenvalue weighted by Crippen LogP contribution is -2.48. The molecule has 1 aromatic rings. The third kappa shape index (κ3) is 3.50. The van der Waals surface area contributed by atoms with Gasteiger partial charge in [0.15, 0.2) is 5.69 Å². The Labute approximate surface area is 100.0 Å². The second-order valence-corrected chi connectivity index (χ2v) is 4.18. The number of nitrogens with two attached hydrogens (primary N) is 1. The quantitative estimate of drug-likeness (QED) is 0.600. The number of carbonyl (C=O) groups is 1. The van der Waals surface area contributed by atoms with Crippen molar-refractivity contribution in [3.05, 3.63) is 11.9 Å². The molecule has 7 nitrogen and oxygen atoms in total. The van der Waals surface area contributed by atoms with E-state index in [4.69, 9.17) is 5.73 Å². The first kappa shape index (κ1) is 13.6. The number of hydrogen-bond acceptors (Lipinski definition) is 5. The van der Waals surface area contributed by atoms with Crippen LogP contribution >= 0.6 is 0 Å². The van der Waals surface area contributed by atoms with Gasteiger partial charge in [0.05, 0.1) is 24.9 Å². The summed E-state index contributed by atoms with van der Waals surface area (Å²) in [6.45, 7) is 4.50. The van der Waals surface area contributed by atoms with E-state index >= 15 is 0 Å². The number of aliphatic hydroxyl groups is 1. The lowest BCUT2D eigenvalue weighted by molar-refractivity contribution is 0.0842. The molecule has 1 heterocycles. The molecule has 0 aromatic carbocycles. The molecule has 1 rings (SSSR count).